The summed E-state index contributed by atoms with van der Waals surface area (Å²) in [7, 11) is 1.14. The normalized spacial score (nSPS) is 11.2. The molecule has 0 aromatic heterocycles. The smallest absolute Gasteiger partial charge is 0.330 e. The highest BCUT2D eigenvalue weighted by Gasteiger charge is 2.20. The Morgan fingerprint density at radius 3 is 2.22 bits per heavy atom. The van der Waals surface area contributed by atoms with Gasteiger partial charge in [0.25, 0.3) is 5.91 Å². The first-order valence-corrected chi connectivity index (χ1v) is 8.12. The van der Waals surface area contributed by atoms with Gasteiger partial charge in [-0.05, 0) is 36.4 Å². The molecule has 0 saturated heterocycles. The lowest BCUT2D eigenvalue weighted by Crippen LogP contribution is -2.47. The maximum absolute atomic E-state index is 12.1. The van der Waals surface area contributed by atoms with Crippen LogP contribution in [0, 0.1) is 0 Å². The van der Waals surface area contributed by atoms with Crippen LogP contribution >= 0.6 is 0 Å². The Kier molecular flexibility index (Phi) is 7.33. The van der Waals surface area contributed by atoms with Crippen molar-refractivity contribution in [3.05, 3.63) is 60.2 Å². The van der Waals surface area contributed by atoms with Crippen molar-refractivity contribution >= 4 is 17.8 Å². The fourth-order valence-corrected chi connectivity index (χ4v) is 2.13. The van der Waals surface area contributed by atoms with E-state index in [1.54, 1.807) is 24.3 Å². The van der Waals surface area contributed by atoms with Gasteiger partial charge in [-0.1, -0.05) is 18.2 Å². The summed E-state index contributed by atoms with van der Waals surface area (Å²) >= 11 is 0. The predicted molar refractivity (Wildman–Crippen MR) is 96.3 cm³/mol. The summed E-state index contributed by atoms with van der Waals surface area (Å²) < 4.78 is 10.1. The number of aliphatic hydroxyl groups is 1. The molecule has 3 N–H and O–H groups in total. The zero-order valence-electron chi connectivity index (χ0n) is 14.7. The fraction of sp³-hybridized carbons (Fsp3) is 0.211. The van der Waals surface area contributed by atoms with Crippen molar-refractivity contribution in [3.8, 4) is 11.5 Å². The van der Waals surface area contributed by atoms with Crippen LogP contribution in [0.1, 0.15) is 10.4 Å². The van der Waals surface area contributed by atoms with E-state index in [-0.39, 0.29) is 6.54 Å². The van der Waals surface area contributed by atoms with Gasteiger partial charge >= 0.3 is 5.97 Å². The standard InChI is InChI=1S/C19H20N2O6/c1-26-19(25)16(12-22)21-17(23)11-20-18(24)13-7-9-15(10-8-13)27-14-5-3-2-4-6-14/h2-10,16,22H,11-12H2,1H3,(H,20,24)(H,21,23)/t16-/m0/s1. The predicted octanol–water partition coefficient (Wildman–Crippen LogP) is 0.859. The molecule has 8 nitrogen and oxygen atoms in total. The number of nitrogens with one attached hydrogen (secondary N) is 2. The number of rotatable bonds is 8. The van der Waals surface area contributed by atoms with E-state index in [0.717, 1.165) is 7.11 Å². The average molecular weight is 372 g/mol. The molecule has 142 valence electrons. The molecule has 2 aromatic rings. The second-order valence-electron chi connectivity index (χ2n) is 5.45. The van der Waals surface area contributed by atoms with Crippen molar-refractivity contribution in [1.82, 2.24) is 10.6 Å². The van der Waals surface area contributed by atoms with E-state index in [1.807, 2.05) is 30.3 Å². The molecule has 2 amide bonds. The quantitative estimate of drug-likeness (QED) is 0.592. The zero-order chi connectivity index (χ0) is 19.6. The lowest BCUT2D eigenvalue weighted by Gasteiger charge is -2.14. The highest BCUT2D eigenvalue weighted by Crippen LogP contribution is 2.21. The third-order valence-electron chi connectivity index (χ3n) is 3.51. The van der Waals surface area contributed by atoms with Crippen molar-refractivity contribution in [2.75, 3.05) is 20.3 Å². The largest absolute Gasteiger partial charge is 0.467 e. The van der Waals surface area contributed by atoms with Crippen LogP contribution in [0.15, 0.2) is 54.6 Å². The van der Waals surface area contributed by atoms with Crippen LogP contribution in [0.4, 0.5) is 0 Å². The van der Waals surface area contributed by atoms with Gasteiger partial charge in [-0.2, -0.15) is 0 Å². The molecule has 8 heteroatoms. The Hall–Kier alpha value is -3.39. The number of carbonyl (C=O) groups is 3. The van der Waals surface area contributed by atoms with E-state index >= 15 is 0 Å². The molecular weight excluding hydrogens is 352 g/mol. The van der Waals surface area contributed by atoms with E-state index in [2.05, 4.69) is 15.4 Å². The van der Waals surface area contributed by atoms with Crippen LogP contribution in [0.3, 0.4) is 0 Å². The highest BCUT2D eigenvalue weighted by atomic mass is 16.5. The molecule has 0 unspecified atom stereocenters. The fourth-order valence-electron chi connectivity index (χ4n) is 2.13. The summed E-state index contributed by atoms with van der Waals surface area (Å²) in [6, 6.07) is 14.4. The van der Waals surface area contributed by atoms with Crippen LogP contribution in [0.25, 0.3) is 0 Å². The first-order chi connectivity index (χ1) is 13.0. The van der Waals surface area contributed by atoms with Crippen molar-refractivity contribution in [3.63, 3.8) is 0 Å². The van der Waals surface area contributed by atoms with Gasteiger partial charge in [0, 0.05) is 5.56 Å². The van der Waals surface area contributed by atoms with E-state index in [1.165, 1.54) is 0 Å². The van der Waals surface area contributed by atoms with Gasteiger partial charge in [-0.25, -0.2) is 4.79 Å². The summed E-state index contributed by atoms with van der Waals surface area (Å²) in [5.41, 5.74) is 0.342. The monoisotopic (exact) mass is 372 g/mol. The summed E-state index contributed by atoms with van der Waals surface area (Å²) in [5, 5.41) is 13.7. The first-order valence-electron chi connectivity index (χ1n) is 8.12. The molecule has 0 aliphatic rings. The summed E-state index contributed by atoms with van der Waals surface area (Å²) in [6.07, 6.45) is 0. The first kappa shape index (κ1) is 19.9. The molecule has 0 radical (unpaired) electrons. The van der Waals surface area contributed by atoms with E-state index in [4.69, 9.17) is 9.84 Å². The molecule has 1 atom stereocenters. The van der Waals surface area contributed by atoms with Crippen LogP contribution in [-0.2, 0) is 14.3 Å². The van der Waals surface area contributed by atoms with Gasteiger partial charge in [0.2, 0.25) is 5.91 Å². The Morgan fingerprint density at radius 1 is 1.00 bits per heavy atom. The maximum atomic E-state index is 12.1. The molecule has 0 fully saturated rings. The molecule has 2 aromatic carbocycles. The molecule has 0 bridgehead atoms. The number of methoxy groups -OCH3 is 1. The lowest BCUT2D eigenvalue weighted by molar-refractivity contribution is -0.146. The number of para-hydroxylation sites is 1. The van der Waals surface area contributed by atoms with Crippen molar-refractivity contribution < 1.29 is 29.0 Å². The second-order valence-corrected chi connectivity index (χ2v) is 5.45. The van der Waals surface area contributed by atoms with Gasteiger partial charge in [0.15, 0.2) is 6.04 Å². The van der Waals surface area contributed by atoms with E-state index in [9.17, 15) is 14.4 Å². The van der Waals surface area contributed by atoms with Crippen molar-refractivity contribution in [2.45, 2.75) is 6.04 Å². The Labute approximate surface area is 156 Å². The SMILES string of the molecule is COC(=O)[C@H](CO)NC(=O)CNC(=O)c1ccc(Oc2ccccc2)cc1. The number of esters is 1. The topological polar surface area (TPSA) is 114 Å². The molecule has 0 heterocycles. The molecule has 0 spiro atoms. The number of hydrogen-bond donors (Lipinski definition) is 3. The van der Waals surface area contributed by atoms with Gasteiger partial charge in [-0.15, -0.1) is 0 Å². The minimum absolute atomic E-state index is 0.342. The zero-order valence-corrected chi connectivity index (χ0v) is 14.7. The number of aliphatic hydroxyl groups excluding tert-OH is 1. The van der Waals surface area contributed by atoms with Gasteiger partial charge in [0.05, 0.1) is 20.3 Å². The summed E-state index contributed by atoms with van der Waals surface area (Å²) in [5.74, 6) is -0.618. The highest BCUT2D eigenvalue weighted by molar-refractivity contribution is 5.97. The third kappa shape index (κ3) is 6.12. The lowest BCUT2D eigenvalue weighted by atomic mass is 10.2. The minimum Gasteiger partial charge on any atom is -0.467 e. The molecule has 2 rings (SSSR count). The number of ether oxygens (including phenoxy) is 2. The minimum atomic E-state index is -1.17. The van der Waals surface area contributed by atoms with Crippen LogP contribution in [0.2, 0.25) is 0 Å². The van der Waals surface area contributed by atoms with E-state index < -0.39 is 30.4 Å². The average Bonchev–Trinajstić information content (AvgIpc) is 2.71. The Bertz CT molecular complexity index is 777. The third-order valence-corrected chi connectivity index (χ3v) is 3.51. The van der Waals surface area contributed by atoms with Gasteiger partial charge in [-0.3, -0.25) is 9.59 Å². The molecule has 0 aliphatic heterocycles. The van der Waals surface area contributed by atoms with Crippen LogP contribution < -0.4 is 15.4 Å². The number of amides is 2. The number of carbonyl (C=O) groups excluding carboxylic acids is 3. The van der Waals surface area contributed by atoms with E-state index in [0.29, 0.717) is 17.1 Å². The molecular formula is C19H20N2O6. The maximum Gasteiger partial charge on any atom is 0.330 e. The number of hydrogen-bond acceptors (Lipinski definition) is 6. The molecule has 0 saturated carbocycles. The van der Waals surface area contributed by atoms with Gasteiger partial charge in [0.1, 0.15) is 11.5 Å². The number of benzene rings is 2. The Morgan fingerprint density at radius 2 is 1.63 bits per heavy atom. The summed E-state index contributed by atoms with van der Waals surface area (Å²) in [4.78, 5) is 35.2. The van der Waals surface area contributed by atoms with Gasteiger partial charge < -0.3 is 25.2 Å². The Balaban J connectivity index is 1.85. The van der Waals surface area contributed by atoms with Crippen molar-refractivity contribution in [2.24, 2.45) is 0 Å². The summed E-state index contributed by atoms with van der Waals surface area (Å²) in [6.45, 7) is -0.955. The molecule has 0 aliphatic carbocycles. The second kappa shape index (κ2) is 9.93. The van der Waals surface area contributed by atoms with Crippen LogP contribution in [0.5, 0.6) is 11.5 Å². The van der Waals surface area contributed by atoms with Crippen molar-refractivity contribution in [1.29, 1.82) is 0 Å². The molecule has 27 heavy (non-hydrogen) atoms. The van der Waals surface area contributed by atoms with Crippen LogP contribution in [-0.4, -0.2) is 49.2 Å².